The Hall–Kier alpha value is -1.96. The smallest absolute Gasteiger partial charge is 0.191 e. The highest BCUT2D eigenvalue weighted by atomic mass is 127. The summed E-state index contributed by atoms with van der Waals surface area (Å²) in [6.07, 6.45) is 3.29. The molecule has 2 aromatic rings. The van der Waals surface area contributed by atoms with Crippen LogP contribution in [0.3, 0.4) is 0 Å². The van der Waals surface area contributed by atoms with Crippen LogP contribution in [0.2, 0.25) is 0 Å². The van der Waals surface area contributed by atoms with Gasteiger partial charge < -0.3 is 20.4 Å². The molecule has 2 aromatic carbocycles. The number of benzene rings is 2. The fourth-order valence-corrected chi connectivity index (χ4v) is 3.60. The van der Waals surface area contributed by atoms with E-state index in [1.807, 2.05) is 7.05 Å². The van der Waals surface area contributed by atoms with Gasteiger partial charge in [0.1, 0.15) is 0 Å². The molecule has 0 bridgehead atoms. The fraction of sp³-hybridized carbons (Fsp3) is 0.435. The third-order valence-electron chi connectivity index (χ3n) is 5.26. The number of anilines is 2. The molecule has 0 amide bonds. The number of hydrogen-bond donors (Lipinski definition) is 2. The zero-order chi connectivity index (χ0) is 19.8. The van der Waals surface area contributed by atoms with E-state index in [1.165, 1.54) is 16.9 Å². The van der Waals surface area contributed by atoms with Crippen LogP contribution in [-0.2, 0) is 6.42 Å². The maximum absolute atomic E-state index is 4.40. The predicted octanol–water partition coefficient (Wildman–Crippen LogP) is 3.75. The number of rotatable bonds is 7. The Balaban J connectivity index is 0.00000300. The quantitative estimate of drug-likeness (QED) is 0.260. The monoisotopic (exact) mass is 507 g/mol. The lowest BCUT2D eigenvalue weighted by Gasteiger charge is -2.20. The standard InChI is InChI=1S/C23H33N5.HI/c1-24-23(25-16-7-8-19-11-13-21(14-12-19)27(2)3)26-20-15-17-28(18-20)22-9-5-4-6-10-22;/h4-6,9-14,20H,7-8,15-18H2,1-3H3,(H2,24,25,26);1H. The van der Waals surface area contributed by atoms with Gasteiger partial charge in [-0.1, -0.05) is 30.3 Å². The first-order valence-corrected chi connectivity index (χ1v) is 10.2. The number of nitrogens with zero attached hydrogens (tertiary/aromatic N) is 3. The molecule has 1 aliphatic heterocycles. The molecule has 1 heterocycles. The Kier molecular flexibility index (Phi) is 9.57. The Bertz CT molecular complexity index is 746. The summed E-state index contributed by atoms with van der Waals surface area (Å²) in [4.78, 5) is 8.96. The average Bonchev–Trinajstić information content (AvgIpc) is 3.20. The first-order chi connectivity index (χ1) is 13.7. The molecule has 5 nitrogen and oxygen atoms in total. The van der Waals surface area contributed by atoms with Gasteiger partial charge in [0.15, 0.2) is 5.96 Å². The van der Waals surface area contributed by atoms with E-state index in [1.54, 1.807) is 0 Å². The summed E-state index contributed by atoms with van der Waals surface area (Å²) in [5.74, 6) is 0.905. The Labute approximate surface area is 192 Å². The first kappa shape index (κ1) is 23.3. The molecule has 1 fully saturated rings. The van der Waals surface area contributed by atoms with Crippen LogP contribution in [0, 0.1) is 0 Å². The minimum absolute atomic E-state index is 0. The van der Waals surface area contributed by atoms with Gasteiger partial charge in [-0.25, -0.2) is 0 Å². The number of guanidine groups is 1. The van der Waals surface area contributed by atoms with Crippen molar-refractivity contribution in [2.24, 2.45) is 4.99 Å². The van der Waals surface area contributed by atoms with E-state index in [0.29, 0.717) is 6.04 Å². The third-order valence-corrected chi connectivity index (χ3v) is 5.26. The molecule has 1 aliphatic rings. The zero-order valence-corrected chi connectivity index (χ0v) is 20.1. The molecule has 0 saturated carbocycles. The van der Waals surface area contributed by atoms with Crippen molar-refractivity contribution in [3.8, 4) is 0 Å². The van der Waals surface area contributed by atoms with Gasteiger partial charge >= 0.3 is 0 Å². The number of para-hydroxylation sites is 1. The van der Waals surface area contributed by atoms with Crippen LogP contribution < -0.4 is 20.4 Å². The molecule has 29 heavy (non-hydrogen) atoms. The van der Waals surface area contributed by atoms with Crippen LogP contribution in [0.15, 0.2) is 59.6 Å². The molecule has 6 heteroatoms. The fourth-order valence-electron chi connectivity index (χ4n) is 3.60. The van der Waals surface area contributed by atoms with Gasteiger partial charge in [0.05, 0.1) is 0 Å². The third kappa shape index (κ3) is 7.10. The normalized spacial score (nSPS) is 16.3. The molecular weight excluding hydrogens is 473 g/mol. The second-order valence-corrected chi connectivity index (χ2v) is 7.57. The molecule has 0 aromatic heterocycles. The summed E-state index contributed by atoms with van der Waals surface area (Å²) < 4.78 is 0. The van der Waals surface area contributed by atoms with Gasteiger partial charge in [0, 0.05) is 58.2 Å². The highest BCUT2D eigenvalue weighted by Gasteiger charge is 2.23. The topological polar surface area (TPSA) is 42.9 Å². The van der Waals surface area contributed by atoms with E-state index >= 15 is 0 Å². The number of aryl methyl sites for hydroxylation is 1. The first-order valence-electron chi connectivity index (χ1n) is 10.2. The predicted molar refractivity (Wildman–Crippen MR) is 136 cm³/mol. The molecule has 2 N–H and O–H groups in total. The Morgan fingerprint density at radius 1 is 1.10 bits per heavy atom. The van der Waals surface area contributed by atoms with E-state index in [4.69, 9.17) is 0 Å². The Morgan fingerprint density at radius 3 is 2.48 bits per heavy atom. The van der Waals surface area contributed by atoms with Gasteiger partial charge in [-0.3, -0.25) is 4.99 Å². The van der Waals surface area contributed by atoms with Crippen LogP contribution in [0.4, 0.5) is 11.4 Å². The maximum atomic E-state index is 4.40. The summed E-state index contributed by atoms with van der Waals surface area (Å²) in [6, 6.07) is 19.9. The molecule has 1 unspecified atom stereocenters. The highest BCUT2D eigenvalue weighted by molar-refractivity contribution is 14.0. The number of aliphatic imine (C=N–C) groups is 1. The zero-order valence-electron chi connectivity index (χ0n) is 17.8. The number of halogens is 1. The summed E-state index contributed by atoms with van der Waals surface area (Å²) in [5, 5.41) is 7.04. The molecule has 3 rings (SSSR count). The van der Waals surface area contributed by atoms with Gasteiger partial charge in [-0.2, -0.15) is 0 Å². The van der Waals surface area contributed by atoms with Crippen molar-refractivity contribution in [1.29, 1.82) is 0 Å². The van der Waals surface area contributed by atoms with Crippen LogP contribution in [0.1, 0.15) is 18.4 Å². The van der Waals surface area contributed by atoms with Crippen LogP contribution in [-0.4, -0.2) is 52.8 Å². The van der Waals surface area contributed by atoms with Crippen LogP contribution >= 0.6 is 24.0 Å². The molecule has 158 valence electrons. The van der Waals surface area contributed by atoms with Crippen molar-refractivity contribution >= 4 is 41.3 Å². The molecule has 0 radical (unpaired) electrons. The number of hydrogen-bond acceptors (Lipinski definition) is 3. The Morgan fingerprint density at radius 2 is 1.83 bits per heavy atom. The van der Waals surface area contributed by atoms with Crippen molar-refractivity contribution < 1.29 is 0 Å². The molecule has 1 atom stereocenters. The van der Waals surface area contributed by atoms with Gasteiger partial charge in [0.25, 0.3) is 0 Å². The molecule has 1 saturated heterocycles. The van der Waals surface area contributed by atoms with Crippen molar-refractivity contribution in [3.05, 3.63) is 60.2 Å². The lowest BCUT2D eigenvalue weighted by molar-refractivity contribution is 0.643. The van der Waals surface area contributed by atoms with Gasteiger partial charge in [-0.15, -0.1) is 24.0 Å². The molecule has 0 spiro atoms. The van der Waals surface area contributed by atoms with E-state index < -0.39 is 0 Å². The summed E-state index contributed by atoms with van der Waals surface area (Å²) in [6.45, 7) is 3.02. The van der Waals surface area contributed by atoms with E-state index in [-0.39, 0.29) is 24.0 Å². The number of nitrogens with one attached hydrogen (secondary N) is 2. The van der Waals surface area contributed by atoms with E-state index in [9.17, 15) is 0 Å². The second kappa shape index (κ2) is 11.9. The average molecular weight is 507 g/mol. The van der Waals surface area contributed by atoms with Crippen molar-refractivity contribution in [1.82, 2.24) is 10.6 Å². The second-order valence-electron chi connectivity index (χ2n) is 7.57. The lowest BCUT2D eigenvalue weighted by Crippen LogP contribution is -2.44. The lowest BCUT2D eigenvalue weighted by atomic mass is 10.1. The van der Waals surface area contributed by atoms with Crippen molar-refractivity contribution in [2.75, 3.05) is 50.6 Å². The summed E-state index contributed by atoms with van der Waals surface area (Å²) in [7, 11) is 5.99. The molecule has 0 aliphatic carbocycles. The van der Waals surface area contributed by atoms with Crippen molar-refractivity contribution in [3.63, 3.8) is 0 Å². The summed E-state index contributed by atoms with van der Waals surface area (Å²) in [5.41, 5.74) is 3.92. The minimum atomic E-state index is 0. The van der Waals surface area contributed by atoms with Gasteiger partial charge in [-0.05, 0) is 49.1 Å². The maximum Gasteiger partial charge on any atom is 0.191 e. The van der Waals surface area contributed by atoms with Crippen LogP contribution in [0.5, 0.6) is 0 Å². The highest BCUT2D eigenvalue weighted by Crippen LogP contribution is 2.19. The van der Waals surface area contributed by atoms with Crippen molar-refractivity contribution in [2.45, 2.75) is 25.3 Å². The van der Waals surface area contributed by atoms with E-state index in [0.717, 1.165) is 44.9 Å². The summed E-state index contributed by atoms with van der Waals surface area (Å²) >= 11 is 0. The van der Waals surface area contributed by atoms with Gasteiger partial charge in [0.2, 0.25) is 0 Å². The van der Waals surface area contributed by atoms with E-state index in [2.05, 4.69) is 94.1 Å². The largest absolute Gasteiger partial charge is 0.378 e. The minimum Gasteiger partial charge on any atom is -0.378 e. The SMILES string of the molecule is CN=C(NCCCc1ccc(N(C)C)cc1)NC1CCN(c2ccccc2)C1.I. The molecular formula is C23H34IN5. The van der Waals surface area contributed by atoms with Crippen LogP contribution in [0.25, 0.3) is 0 Å².